The van der Waals surface area contributed by atoms with E-state index in [0.29, 0.717) is 32.0 Å². The fourth-order valence-corrected chi connectivity index (χ4v) is 2.79. The molecule has 0 unspecified atom stereocenters. The molecule has 0 amide bonds. The van der Waals surface area contributed by atoms with E-state index in [1.54, 1.807) is 36.4 Å². The minimum Gasteiger partial charge on any atom is -0.489 e. The van der Waals surface area contributed by atoms with E-state index in [4.69, 9.17) is 39.5 Å². The van der Waals surface area contributed by atoms with E-state index >= 15 is 0 Å². The average molecular weight is 381 g/mol. The van der Waals surface area contributed by atoms with Crippen molar-refractivity contribution in [1.82, 2.24) is 0 Å². The molecule has 0 bridgehead atoms. The number of allylic oxidation sites excluding steroid dienone is 1. The number of benzene rings is 2. The van der Waals surface area contributed by atoms with Crippen molar-refractivity contribution in [1.29, 1.82) is 5.26 Å². The lowest BCUT2D eigenvalue weighted by atomic mass is 10.0. The van der Waals surface area contributed by atoms with Gasteiger partial charge in [0.1, 0.15) is 5.75 Å². The second-order valence-electron chi connectivity index (χ2n) is 5.32. The third kappa shape index (κ3) is 4.68. The molecule has 0 aliphatic heterocycles. The van der Waals surface area contributed by atoms with Gasteiger partial charge in [-0.3, -0.25) is 0 Å². The van der Waals surface area contributed by atoms with E-state index in [1.165, 1.54) is 0 Å². The van der Waals surface area contributed by atoms with Crippen LogP contribution in [0, 0.1) is 11.3 Å². The van der Waals surface area contributed by atoms with Crippen molar-refractivity contribution in [2.24, 2.45) is 0 Å². The molecular weight excluding hydrogens is 365 g/mol. The molecule has 2 aromatic rings. The summed E-state index contributed by atoms with van der Waals surface area (Å²) in [5, 5.41) is 10.9. The fraction of sp³-hybridized carbons (Fsp3) is 0.211. The third-order valence-electron chi connectivity index (χ3n) is 3.51. The van der Waals surface area contributed by atoms with E-state index in [-0.39, 0.29) is 6.10 Å². The Morgan fingerprint density at radius 2 is 1.92 bits per heavy atom. The molecular formula is C19H16Cl3NO. The van der Waals surface area contributed by atoms with Crippen molar-refractivity contribution in [3.8, 4) is 11.8 Å². The minimum absolute atomic E-state index is 0.0893. The summed E-state index contributed by atoms with van der Waals surface area (Å²) in [7, 11) is 0. The van der Waals surface area contributed by atoms with Crippen molar-refractivity contribution in [2.45, 2.75) is 26.4 Å². The number of nitrogens with zero attached hydrogens (tertiary/aromatic N) is 1. The van der Waals surface area contributed by atoms with E-state index in [2.05, 4.69) is 6.07 Å². The summed E-state index contributed by atoms with van der Waals surface area (Å²) in [6.45, 7) is 4.03. The predicted octanol–water partition coefficient (Wildman–Crippen LogP) is 6.89. The Morgan fingerprint density at radius 1 is 1.17 bits per heavy atom. The van der Waals surface area contributed by atoms with Gasteiger partial charge in [-0.25, -0.2) is 0 Å². The Hall–Kier alpha value is -1.66. The number of hydrogen-bond donors (Lipinski definition) is 0. The van der Waals surface area contributed by atoms with Crippen LogP contribution in [-0.4, -0.2) is 6.10 Å². The van der Waals surface area contributed by atoms with Gasteiger partial charge in [0.2, 0.25) is 0 Å². The van der Waals surface area contributed by atoms with Crippen LogP contribution in [0.5, 0.6) is 5.75 Å². The Labute approximate surface area is 157 Å². The Morgan fingerprint density at radius 3 is 2.50 bits per heavy atom. The lowest BCUT2D eigenvalue weighted by Gasteiger charge is -2.14. The van der Waals surface area contributed by atoms with Gasteiger partial charge >= 0.3 is 0 Å². The van der Waals surface area contributed by atoms with Crippen LogP contribution in [0.1, 0.15) is 31.4 Å². The molecule has 2 nitrogen and oxygen atoms in total. The molecule has 0 aliphatic rings. The molecule has 2 aromatic carbocycles. The zero-order valence-electron chi connectivity index (χ0n) is 13.3. The normalized spacial score (nSPS) is 12.6. The Balaban J connectivity index is 2.35. The summed E-state index contributed by atoms with van der Waals surface area (Å²) < 4.78 is 5.74. The molecule has 0 spiro atoms. The first-order valence-electron chi connectivity index (χ1n) is 7.48. The molecule has 0 radical (unpaired) electrons. The number of rotatable bonds is 5. The maximum absolute atomic E-state index is 9.44. The SMILES string of the molecule is CC[C@H](C)Oc1ccc(/C=C(/C#N)c2ccc(Cl)cc2Cl)cc1Cl. The van der Waals surface area contributed by atoms with Gasteiger partial charge in [0.05, 0.1) is 27.8 Å². The smallest absolute Gasteiger partial charge is 0.138 e. The van der Waals surface area contributed by atoms with E-state index < -0.39 is 0 Å². The van der Waals surface area contributed by atoms with Gasteiger partial charge < -0.3 is 4.74 Å². The summed E-state index contributed by atoms with van der Waals surface area (Å²) in [4.78, 5) is 0. The highest BCUT2D eigenvalue weighted by molar-refractivity contribution is 6.36. The first kappa shape index (κ1) is 18.7. The molecule has 0 heterocycles. The third-order valence-corrected chi connectivity index (χ3v) is 4.35. The average Bonchev–Trinajstić information content (AvgIpc) is 2.55. The highest BCUT2D eigenvalue weighted by atomic mass is 35.5. The molecule has 0 saturated carbocycles. The van der Waals surface area contributed by atoms with E-state index in [0.717, 1.165) is 12.0 Å². The largest absolute Gasteiger partial charge is 0.489 e. The number of halogens is 3. The van der Waals surface area contributed by atoms with Crippen LogP contribution in [0.25, 0.3) is 11.6 Å². The summed E-state index contributed by atoms with van der Waals surface area (Å²) in [5.41, 5.74) is 1.85. The van der Waals surface area contributed by atoms with Crippen LogP contribution in [0.4, 0.5) is 0 Å². The molecule has 0 saturated heterocycles. The minimum atomic E-state index is 0.0893. The summed E-state index contributed by atoms with van der Waals surface area (Å²) in [5.74, 6) is 0.631. The number of hydrogen-bond acceptors (Lipinski definition) is 2. The standard InChI is InChI=1S/C19H16Cl3NO/c1-3-12(2)24-19-7-4-13(9-18(19)22)8-14(11-23)16-6-5-15(20)10-17(16)21/h4-10,12H,3H2,1-2H3/b14-8-/t12-/m0/s1. The Kier molecular flexibility index (Phi) is 6.57. The first-order chi connectivity index (χ1) is 11.4. The van der Waals surface area contributed by atoms with Gasteiger partial charge in [-0.15, -0.1) is 0 Å². The van der Waals surface area contributed by atoms with E-state index in [9.17, 15) is 5.26 Å². The first-order valence-corrected chi connectivity index (χ1v) is 8.61. The quantitative estimate of drug-likeness (QED) is 0.418. The van der Waals surface area contributed by atoms with E-state index in [1.807, 2.05) is 19.9 Å². The van der Waals surface area contributed by atoms with Crippen LogP contribution >= 0.6 is 34.8 Å². The monoisotopic (exact) mass is 379 g/mol. The topological polar surface area (TPSA) is 33.0 Å². The van der Waals surface area contributed by atoms with Gasteiger partial charge in [0.15, 0.2) is 0 Å². The lowest BCUT2D eigenvalue weighted by molar-refractivity contribution is 0.217. The summed E-state index contributed by atoms with van der Waals surface area (Å²) in [6, 6.07) is 12.6. The van der Waals surface area contributed by atoms with Crippen LogP contribution < -0.4 is 4.74 Å². The molecule has 2 rings (SSSR count). The molecule has 5 heteroatoms. The molecule has 124 valence electrons. The van der Waals surface area contributed by atoms with Gasteiger partial charge in [0, 0.05) is 10.6 Å². The zero-order chi connectivity index (χ0) is 17.7. The van der Waals surface area contributed by atoms with Crippen molar-refractivity contribution < 1.29 is 4.74 Å². The van der Waals surface area contributed by atoms with Crippen LogP contribution in [0.2, 0.25) is 15.1 Å². The number of ether oxygens (including phenoxy) is 1. The maximum Gasteiger partial charge on any atom is 0.138 e. The van der Waals surface area contributed by atoms with Gasteiger partial charge in [-0.05, 0) is 49.2 Å². The van der Waals surface area contributed by atoms with Crippen molar-refractivity contribution >= 4 is 46.5 Å². The molecule has 0 aliphatic carbocycles. The number of nitriles is 1. The molecule has 0 N–H and O–H groups in total. The molecule has 24 heavy (non-hydrogen) atoms. The van der Waals surface area contributed by atoms with Gasteiger partial charge in [0.25, 0.3) is 0 Å². The molecule has 0 fully saturated rings. The summed E-state index contributed by atoms with van der Waals surface area (Å²) >= 11 is 18.3. The second-order valence-corrected chi connectivity index (χ2v) is 6.57. The molecule has 0 aromatic heterocycles. The van der Waals surface area contributed by atoms with Gasteiger partial charge in [-0.2, -0.15) is 5.26 Å². The van der Waals surface area contributed by atoms with Crippen molar-refractivity contribution in [3.05, 3.63) is 62.6 Å². The fourth-order valence-electron chi connectivity index (χ4n) is 2.05. The lowest BCUT2D eigenvalue weighted by Crippen LogP contribution is -2.09. The molecule has 1 atom stereocenters. The second kappa shape index (κ2) is 8.44. The maximum atomic E-state index is 9.44. The highest BCUT2D eigenvalue weighted by Crippen LogP contribution is 2.31. The van der Waals surface area contributed by atoms with Crippen LogP contribution in [0.3, 0.4) is 0 Å². The predicted molar refractivity (Wildman–Crippen MR) is 102 cm³/mol. The van der Waals surface area contributed by atoms with Crippen molar-refractivity contribution in [3.63, 3.8) is 0 Å². The highest BCUT2D eigenvalue weighted by Gasteiger charge is 2.09. The van der Waals surface area contributed by atoms with Crippen LogP contribution in [-0.2, 0) is 0 Å². The van der Waals surface area contributed by atoms with Gasteiger partial charge in [-0.1, -0.05) is 53.9 Å². The van der Waals surface area contributed by atoms with Crippen molar-refractivity contribution in [2.75, 3.05) is 0 Å². The summed E-state index contributed by atoms with van der Waals surface area (Å²) in [6.07, 6.45) is 2.71. The zero-order valence-corrected chi connectivity index (χ0v) is 15.6. The Bertz CT molecular complexity index is 809. The van der Waals surface area contributed by atoms with Crippen LogP contribution in [0.15, 0.2) is 36.4 Å².